The minimum absolute atomic E-state index is 0.0891. The van der Waals surface area contributed by atoms with Crippen molar-refractivity contribution in [3.8, 4) is 5.75 Å². The van der Waals surface area contributed by atoms with Crippen molar-refractivity contribution in [1.82, 2.24) is 14.7 Å². The van der Waals surface area contributed by atoms with Gasteiger partial charge in [0.1, 0.15) is 10.6 Å². The summed E-state index contributed by atoms with van der Waals surface area (Å²) in [5, 5.41) is 3.65. The van der Waals surface area contributed by atoms with Crippen LogP contribution in [0.2, 0.25) is 0 Å². The van der Waals surface area contributed by atoms with Gasteiger partial charge in [-0.1, -0.05) is 18.2 Å². The standard InChI is InChI=1S/C23H21N3O3S/c1-29-17-10-4-2-7-14(17)13-24-21(27)16-9-6-12-26-20(16)25-22-19(23(26)28)15-8-3-5-11-18(15)30-22/h2,4,6-7,9-10,12H,3,5,8,11,13H2,1H3,(H,24,27). The number of hydrogen-bond donors (Lipinski definition) is 1. The molecule has 3 heterocycles. The summed E-state index contributed by atoms with van der Waals surface area (Å²) in [7, 11) is 1.60. The maximum Gasteiger partial charge on any atom is 0.266 e. The van der Waals surface area contributed by atoms with Crippen molar-refractivity contribution in [2.45, 2.75) is 32.2 Å². The van der Waals surface area contributed by atoms with Gasteiger partial charge in [0.2, 0.25) is 0 Å². The van der Waals surface area contributed by atoms with Gasteiger partial charge in [0, 0.05) is 23.2 Å². The Morgan fingerprint density at radius 2 is 2.03 bits per heavy atom. The Morgan fingerprint density at radius 3 is 2.90 bits per heavy atom. The molecular formula is C23H21N3O3S. The van der Waals surface area contributed by atoms with Crippen LogP contribution in [0.1, 0.15) is 39.2 Å². The van der Waals surface area contributed by atoms with Crippen LogP contribution in [0.4, 0.5) is 0 Å². The van der Waals surface area contributed by atoms with Gasteiger partial charge in [-0.3, -0.25) is 14.0 Å². The first-order valence-corrected chi connectivity index (χ1v) is 10.8. The van der Waals surface area contributed by atoms with E-state index in [1.165, 1.54) is 9.28 Å². The Labute approximate surface area is 177 Å². The molecule has 0 saturated heterocycles. The summed E-state index contributed by atoms with van der Waals surface area (Å²) in [5.41, 5.74) is 2.73. The van der Waals surface area contributed by atoms with Crippen LogP contribution in [0.5, 0.6) is 5.75 Å². The highest BCUT2D eigenvalue weighted by molar-refractivity contribution is 7.18. The number of pyridine rings is 1. The third kappa shape index (κ3) is 3.06. The summed E-state index contributed by atoms with van der Waals surface area (Å²) in [4.78, 5) is 33.0. The topological polar surface area (TPSA) is 72.7 Å². The summed E-state index contributed by atoms with van der Waals surface area (Å²) < 4.78 is 6.85. The number of aryl methyl sites for hydroxylation is 2. The van der Waals surface area contributed by atoms with Crippen molar-refractivity contribution in [1.29, 1.82) is 0 Å². The summed E-state index contributed by atoms with van der Waals surface area (Å²) in [6.45, 7) is 0.323. The van der Waals surface area contributed by atoms with Crippen LogP contribution in [-0.2, 0) is 19.4 Å². The van der Waals surface area contributed by atoms with Crippen molar-refractivity contribution in [3.63, 3.8) is 0 Å². The number of carbonyl (C=O) groups is 1. The summed E-state index contributed by atoms with van der Waals surface area (Å²) in [6.07, 6.45) is 5.87. The second kappa shape index (κ2) is 7.57. The normalized spacial score (nSPS) is 13.4. The lowest BCUT2D eigenvalue weighted by Gasteiger charge is -2.11. The van der Waals surface area contributed by atoms with E-state index in [1.807, 2.05) is 24.3 Å². The van der Waals surface area contributed by atoms with Crippen LogP contribution in [0, 0.1) is 0 Å². The predicted molar refractivity (Wildman–Crippen MR) is 118 cm³/mol. The molecule has 4 aromatic rings. The second-order valence-electron chi connectivity index (χ2n) is 7.42. The first-order chi connectivity index (χ1) is 14.7. The quantitative estimate of drug-likeness (QED) is 0.547. The van der Waals surface area contributed by atoms with Crippen LogP contribution < -0.4 is 15.6 Å². The van der Waals surface area contributed by atoms with E-state index in [1.54, 1.807) is 36.8 Å². The zero-order valence-electron chi connectivity index (χ0n) is 16.6. The molecule has 0 unspecified atom stereocenters. The van der Waals surface area contributed by atoms with E-state index in [0.717, 1.165) is 52.8 Å². The lowest BCUT2D eigenvalue weighted by molar-refractivity contribution is 0.0951. The Balaban J connectivity index is 1.55. The highest BCUT2D eigenvalue weighted by Crippen LogP contribution is 2.34. The first-order valence-electron chi connectivity index (χ1n) is 10.0. The van der Waals surface area contributed by atoms with Gasteiger partial charge in [0.25, 0.3) is 11.5 Å². The Morgan fingerprint density at radius 1 is 1.20 bits per heavy atom. The Bertz CT molecular complexity index is 1340. The van der Waals surface area contributed by atoms with Crippen LogP contribution in [0.25, 0.3) is 15.9 Å². The van der Waals surface area contributed by atoms with E-state index >= 15 is 0 Å². The number of nitrogens with zero attached hydrogens (tertiary/aromatic N) is 2. The van der Waals surface area contributed by atoms with Gasteiger partial charge < -0.3 is 10.1 Å². The number of amides is 1. The monoisotopic (exact) mass is 419 g/mol. The number of hydrogen-bond acceptors (Lipinski definition) is 5. The average molecular weight is 420 g/mol. The SMILES string of the molecule is COc1ccccc1CNC(=O)c1cccn2c(=O)c3c4c(sc3nc12)CCCC4. The number of rotatable bonds is 4. The average Bonchev–Trinajstić information content (AvgIpc) is 3.16. The molecule has 1 aliphatic carbocycles. The summed E-state index contributed by atoms with van der Waals surface area (Å²) >= 11 is 1.59. The van der Waals surface area contributed by atoms with Gasteiger partial charge in [-0.2, -0.15) is 0 Å². The number of fused-ring (bicyclic) bond motifs is 4. The minimum atomic E-state index is -0.272. The van der Waals surface area contributed by atoms with E-state index in [-0.39, 0.29) is 11.5 Å². The Kier molecular flexibility index (Phi) is 4.75. The first kappa shape index (κ1) is 18.8. The zero-order chi connectivity index (χ0) is 20.7. The van der Waals surface area contributed by atoms with E-state index in [9.17, 15) is 9.59 Å². The maximum atomic E-state index is 13.2. The fourth-order valence-corrected chi connectivity index (χ4v) is 5.39. The van der Waals surface area contributed by atoms with E-state index in [2.05, 4.69) is 5.32 Å². The molecule has 0 radical (unpaired) electrons. The largest absolute Gasteiger partial charge is 0.496 e. The lowest BCUT2D eigenvalue weighted by Crippen LogP contribution is -2.25. The van der Waals surface area contributed by atoms with Gasteiger partial charge in [-0.05, 0) is 49.4 Å². The lowest BCUT2D eigenvalue weighted by atomic mass is 9.97. The van der Waals surface area contributed by atoms with Gasteiger partial charge in [0.05, 0.1) is 18.1 Å². The van der Waals surface area contributed by atoms with Crippen LogP contribution in [-0.4, -0.2) is 22.4 Å². The van der Waals surface area contributed by atoms with Gasteiger partial charge >= 0.3 is 0 Å². The Hall–Kier alpha value is -3.19. The van der Waals surface area contributed by atoms with Crippen molar-refractivity contribution < 1.29 is 9.53 Å². The number of para-hydroxylation sites is 1. The highest BCUT2D eigenvalue weighted by atomic mass is 32.1. The fraction of sp³-hybridized carbons (Fsp3) is 0.261. The molecule has 1 amide bonds. The number of aromatic nitrogens is 2. The van der Waals surface area contributed by atoms with Crippen LogP contribution in [0.15, 0.2) is 47.4 Å². The van der Waals surface area contributed by atoms with E-state index in [4.69, 9.17) is 9.72 Å². The molecule has 3 aromatic heterocycles. The third-order valence-corrected chi connectivity index (χ3v) is 6.82. The molecule has 1 aliphatic rings. The molecule has 7 heteroatoms. The molecule has 30 heavy (non-hydrogen) atoms. The number of benzene rings is 1. The van der Waals surface area contributed by atoms with E-state index in [0.29, 0.717) is 17.8 Å². The smallest absolute Gasteiger partial charge is 0.266 e. The van der Waals surface area contributed by atoms with Crippen molar-refractivity contribution >= 4 is 33.1 Å². The van der Waals surface area contributed by atoms with Crippen LogP contribution >= 0.6 is 11.3 Å². The second-order valence-corrected chi connectivity index (χ2v) is 8.50. The van der Waals surface area contributed by atoms with Crippen LogP contribution in [0.3, 0.4) is 0 Å². The number of carbonyl (C=O) groups excluding carboxylic acids is 1. The number of thiophene rings is 1. The molecule has 0 atom stereocenters. The third-order valence-electron chi connectivity index (χ3n) is 5.64. The molecule has 0 spiro atoms. The molecule has 0 fully saturated rings. The summed E-state index contributed by atoms with van der Waals surface area (Å²) in [5.74, 6) is 0.447. The molecule has 0 aliphatic heterocycles. The van der Waals surface area contributed by atoms with Gasteiger partial charge in [-0.15, -0.1) is 11.3 Å². The highest BCUT2D eigenvalue weighted by Gasteiger charge is 2.22. The van der Waals surface area contributed by atoms with Crippen molar-refractivity contribution in [3.05, 3.63) is 74.5 Å². The predicted octanol–water partition coefficient (Wildman–Crippen LogP) is 3.73. The molecule has 1 N–H and O–H groups in total. The molecule has 1 aromatic carbocycles. The maximum absolute atomic E-state index is 13.2. The molecule has 0 saturated carbocycles. The van der Waals surface area contributed by atoms with Gasteiger partial charge in [0.15, 0.2) is 5.65 Å². The number of ether oxygens (including phenoxy) is 1. The molecule has 6 nitrogen and oxygen atoms in total. The molecule has 0 bridgehead atoms. The fourth-order valence-electron chi connectivity index (χ4n) is 4.14. The molecule has 5 rings (SSSR count). The van der Waals surface area contributed by atoms with Gasteiger partial charge in [-0.25, -0.2) is 4.98 Å². The van der Waals surface area contributed by atoms with E-state index < -0.39 is 0 Å². The zero-order valence-corrected chi connectivity index (χ0v) is 17.4. The van der Waals surface area contributed by atoms with Crippen molar-refractivity contribution in [2.24, 2.45) is 0 Å². The number of methoxy groups -OCH3 is 1. The minimum Gasteiger partial charge on any atom is -0.496 e. The summed E-state index contributed by atoms with van der Waals surface area (Å²) in [6, 6.07) is 11.0. The number of nitrogens with one attached hydrogen (secondary N) is 1. The molecular weight excluding hydrogens is 398 g/mol. The molecule has 152 valence electrons. The van der Waals surface area contributed by atoms with Crippen molar-refractivity contribution in [2.75, 3.05) is 7.11 Å².